The number of carbonyl (C=O) groups excluding carboxylic acids is 1. The molecular formula is C26H32BrNO3. The van der Waals surface area contributed by atoms with E-state index in [0.717, 1.165) is 34.1 Å². The fourth-order valence-corrected chi connectivity index (χ4v) is 4.22. The summed E-state index contributed by atoms with van der Waals surface area (Å²) in [5.41, 5.74) is 2.55. The first-order valence-corrected chi connectivity index (χ1v) is 11.7. The summed E-state index contributed by atoms with van der Waals surface area (Å²) in [6.45, 7) is 7.17. The molecule has 1 aliphatic rings. The predicted molar refractivity (Wildman–Crippen MR) is 129 cm³/mol. The van der Waals surface area contributed by atoms with E-state index in [2.05, 4.69) is 51.6 Å². The summed E-state index contributed by atoms with van der Waals surface area (Å²) in [7, 11) is 0. The second-order valence-corrected chi connectivity index (χ2v) is 9.90. The van der Waals surface area contributed by atoms with Gasteiger partial charge in [0.15, 0.2) is 0 Å². The number of benzene rings is 2. The molecule has 1 heterocycles. The van der Waals surface area contributed by atoms with Crippen LogP contribution in [0, 0.1) is 0 Å². The van der Waals surface area contributed by atoms with Crippen molar-refractivity contribution in [3.8, 4) is 5.75 Å². The van der Waals surface area contributed by atoms with Crippen LogP contribution in [0.5, 0.6) is 5.75 Å². The molecule has 4 nitrogen and oxygen atoms in total. The normalized spacial score (nSPS) is 16.6. The standard InChI is InChI=1S/C26H32BrNO3/c1-26(2,3)31-25(29)17-21-9-4-5-12-24(21)30-18-20-14-19(15-22(27)16-20)8-6-10-23-11-7-13-28-23/h4-6,8-9,12,14-16,23,28H,7,10-11,13,17-18H2,1-3H3. The van der Waals surface area contributed by atoms with Crippen LogP contribution in [0.1, 0.15) is 56.7 Å². The minimum Gasteiger partial charge on any atom is -0.489 e. The molecule has 3 rings (SSSR count). The van der Waals surface area contributed by atoms with Crippen molar-refractivity contribution in [1.82, 2.24) is 5.32 Å². The predicted octanol–water partition coefficient (Wildman–Crippen LogP) is 6.07. The van der Waals surface area contributed by atoms with Crippen molar-refractivity contribution < 1.29 is 14.3 Å². The lowest BCUT2D eigenvalue weighted by Gasteiger charge is -2.20. The van der Waals surface area contributed by atoms with Crippen molar-refractivity contribution >= 4 is 28.0 Å². The minimum absolute atomic E-state index is 0.190. The molecule has 1 aliphatic heterocycles. The molecule has 1 N–H and O–H groups in total. The maximum Gasteiger partial charge on any atom is 0.310 e. The molecule has 5 heteroatoms. The monoisotopic (exact) mass is 485 g/mol. The lowest BCUT2D eigenvalue weighted by Crippen LogP contribution is -2.25. The van der Waals surface area contributed by atoms with Gasteiger partial charge in [-0.15, -0.1) is 0 Å². The molecule has 0 aromatic heterocycles. The Labute approximate surface area is 194 Å². The van der Waals surface area contributed by atoms with E-state index >= 15 is 0 Å². The van der Waals surface area contributed by atoms with Crippen LogP contribution in [0.2, 0.25) is 0 Å². The van der Waals surface area contributed by atoms with Crippen LogP contribution in [0.15, 0.2) is 53.0 Å². The quantitative estimate of drug-likeness (QED) is 0.461. The number of para-hydroxylation sites is 1. The van der Waals surface area contributed by atoms with Crippen molar-refractivity contribution in [3.63, 3.8) is 0 Å². The second kappa shape index (κ2) is 11.0. The van der Waals surface area contributed by atoms with Crippen LogP contribution in [0.3, 0.4) is 0 Å². The minimum atomic E-state index is -0.499. The van der Waals surface area contributed by atoms with Crippen LogP contribution < -0.4 is 10.1 Å². The zero-order chi connectivity index (χ0) is 22.3. The summed E-state index contributed by atoms with van der Waals surface area (Å²) in [6.07, 6.45) is 8.18. The van der Waals surface area contributed by atoms with Gasteiger partial charge in [0, 0.05) is 16.1 Å². The molecule has 0 radical (unpaired) electrons. The number of ether oxygens (including phenoxy) is 2. The van der Waals surface area contributed by atoms with Crippen LogP contribution in [0.4, 0.5) is 0 Å². The molecule has 31 heavy (non-hydrogen) atoms. The number of carbonyl (C=O) groups is 1. The van der Waals surface area contributed by atoms with Gasteiger partial charge >= 0.3 is 5.97 Å². The maximum atomic E-state index is 12.2. The number of hydrogen-bond acceptors (Lipinski definition) is 4. The highest BCUT2D eigenvalue weighted by Gasteiger charge is 2.18. The van der Waals surface area contributed by atoms with Gasteiger partial charge < -0.3 is 14.8 Å². The maximum absolute atomic E-state index is 12.2. The molecule has 0 aliphatic carbocycles. The third-order valence-electron chi connectivity index (χ3n) is 4.99. The third kappa shape index (κ3) is 8.15. The molecule has 0 bridgehead atoms. The molecule has 166 valence electrons. The molecule has 1 saturated heterocycles. The van der Waals surface area contributed by atoms with Gasteiger partial charge in [0.05, 0.1) is 6.42 Å². The van der Waals surface area contributed by atoms with E-state index in [4.69, 9.17) is 9.47 Å². The van der Waals surface area contributed by atoms with Crippen molar-refractivity contribution in [1.29, 1.82) is 0 Å². The summed E-state index contributed by atoms with van der Waals surface area (Å²) in [4.78, 5) is 12.2. The molecule has 1 fully saturated rings. The largest absolute Gasteiger partial charge is 0.489 e. The Kier molecular flexibility index (Phi) is 8.33. The lowest BCUT2D eigenvalue weighted by atomic mass is 10.1. The number of esters is 1. The Morgan fingerprint density at radius 1 is 1.23 bits per heavy atom. The van der Waals surface area contributed by atoms with Gasteiger partial charge in [-0.3, -0.25) is 4.79 Å². The first-order chi connectivity index (χ1) is 14.8. The average Bonchev–Trinajstić information content (AvgIpc) is 3.19. The van der Waals surface area contributed by atoms with E-state index < -0.39 is 5.60 Å². The van der Waals surface area contributed by atoms with Crippen LogP contribution in [0.25, 0.3) is 6.08 Å². The summed E-state index contributed by atoms with van der Waals surface area (Å²) >= 11 is 3.61. The molecule has 1 atom stereocenters. The second-order valence-electron chi connectivity index (χ2n) is 8.98. The summed E-state index contributed by atoms with van der Waals surface area (Å²) in [5, 5.41) is 3.52. The number of hydrogen-bond donors (Lipinski definition) is 1. The highest BCUT2D eigenvalue weighted by atomic mass is 79.9. The Morgan fingerprint density at radius 2 is 2.03 bits per heavy atom. The SMILES string of the molecule is CC(C)(C)OC(=O)Cc1ccccc1OCc1cc(Br)cc(C=CCC2CCCN2)c1. The fourth-order valence-electron chi connectivity index (χ4n) is 3.67. The van der Waals surface area contributed by atoms with E-state index in [-0.39, 0.29) is 12.4 Å². The Morgan fingerprint density at radius 3 is 2.77 bits per heavy atom. The van der Waals surface area contributed by atoms with E-state index in [1.165, 1.54) is 12.8 Å². The van der Waals surface area contributed by atoms with Crippen LogP contribution >= 0.6 is 15.9 Å². The smallest absolute Gasteiger partial charge is 0.310 e. The van der Waals surface area contributed by atoms with Gasteiger partial charge in [0.25, 0.3) is 0 Å². The first-order valence-electron chi connectivity index (χ1n) is 10.9. The lowest BCUT2D eigenvalue weighted by molar-refractivity contribution is -0.153. The van der Waals surface area contributed by atoms with E-state index in [9.17, 15) is 4.79 Å². The fraction of sp³-hybridized carbons (Fsp3) is 0.423. The Balaban J connectivity index is 1.62. The van der Waals surface area contributed by atoms with Gasteiger partial charge in [-0.25, -0.2) is 0 Å². The van der Waals surface area contributed by atoms with E-state index in [0.29, 0.717) is 18.4 Å². The van der Waals surface area contributed by atoms with E-state index in [1.54, 1.807) is 0 Å². The summed E-state index contributed by atoms with van der Waals surface area (Å²) in [5.74, 6) is 0.452. The van der Waals surface area contributed by atoms with Gasteiger partial charge in [0.1, 0.15) is 18.0 Å². The molecule has 2 aromatic rings. The molecule has 0 spiro atoms. The Hall–Kier alpha value is -2.11. The van der Waals surface area contributed by atoms with Crippen molar-refractivity contribution in [2.45, 2.75) is 64.7 Å². The average molecular weight is 486 g/mol. The number of halogens is 1. The van der Waals surface area contributed by atoms with E-state index in [1.807, 2.05) is 45.0 Å². The molecular weight excluding hydrogens is 454 g/mol. The molecule has 1 unspecified atom stereocenters. The van der Waals surface area contributed by atoms with Crippen LogP contribution in [-0.4, -0.2) is 24.2 Å². The Bertz CT molecular complexity index is 911. The van der Waals surface area contributed by atoms with Crippen molar-refractivity contribution in [2.75, 3.05) is 6.54 Å². The molecule has 0 amide bonds. The highest BCUT2D eigenvalue weighted by molar-refractivity contribution is 9.10. The third-order valence-corrected chi connectivity index (χ3v) is 5.45. The highest BCUT2D eigenvalue weighted by Crippen LogP contribution is 2.23. The first kappa shape index (κ1) is 23.6. The molecule has 0 saturated carbocycles. The van der Waals surface area contributed by atoms with Gasteiger partial charge in [-0.1, -0.05) is 46.3 Å². The topological polar surface area (TPSA) is 47.6 Å². The van der Waals surface area contributed by atoms with Gasteiger partial charge in [-0.05, 0) is 82.0 Å². The van der Waals surface area contributed by atoms with Crippen molar-refractivity contribution in [3.05, 3.63) is 69.7 Å². The zero-order valence-corrected chi connectivity index (χ0v) is 20.2. The van der Waals surface area contributed by atoms with Crippen molar-refractivity contribution in [2.24, 2.45) is 0 Å². The zero-order valence-electron chi connectivity index (χ0n) is 18.6. The number of rotatable bonds is 8. The summed E-state index contributed by atoms with van der Waals surface area (Å²) < 4.78 is 12.6. The molecule has 2 aromatic carbocycles. The van der Waals surface area contributed by atoms with Gasteiger partial charge in [-0.2, -0.15) is 0 Å². The van der Waals surface area contributed by atoms with Crippen LogP contribution in [-0.2, 0) is 22.6 Å². The summed E-state index contributed by atoms with van der Waals surface area (Å²) in [6, 6.07) is 14.5. The number of nitrogens with one attached hydrogen (secondary N) is 1. The van der Waals surface area contributed by atoms with Gasteiger partial charge in [0.2, 0.25) is 0 Å².